The van der Waals surface area contributed by atoms with E-state index in [1.165, 1.54) is 4.98 Å². The molecule has 7 nitrogen and oxygen atoms in total. The minimum Gasteiger partial charge on any atom is -0.437 e. The fraction of sp³-hybridized carbons (Fsp3) is 0.167. The lowest BCUT2D eigenvalue weighted by atomic mass is 10.2. The van der Waals surface area contributed by atoms with Crippen LogP contribution < -0.4 is 21.7 Å². The second-order valence-corrected chi connectivity index (χ2v) is 7.18. The monoisotopic (exact) mass is 552 g/mol. The summed E-state index contributed by atoms with van der Waals surface area (Å²) >= 11 is 5.71. The van der Waals surface area contributed by atoms with Crippen LogP contribution in [-0.4, -0.2) is 14.5 Å². The zero-order chi connectivity index (χ0) is 27.4. The van der Waals surface area contributed by atoms with Crippen LogP contribution in [0.1, 0.15) is 17.0 Å². The lowest BCUT2D eigenvalue weighted by Gasteiger charge is -2.16. The third-order valence-electron chi connectivity index (χ3n) is 4.30. The summed E-state index contributed by atoms with van der Waals surface area (Å²) in [5.74, 6) is -3.77. The van der Waals surface area contributed by atoms with Gasteiger partial charge in [-0.2, -0.15) is 39.5 Å². The molecule has 1 aromatic carbocycles. The van der Waals surface area contributed by atoms with E-state index in [1.807, 2.05) is 0 Å². The molecule has 0 atom stereocenters. The average molecular weight is 553 g/mol. The number of ether oxygens (including phenoxy) is 1. The van der Waals surface area contributed by atoms with Crippen LogP contribution in [0.3, 0.4) is 0 Å². The maximum Gasteiger partial charge on any atom is 0.433 e. The summed E-state index contributed by atoms with van der Waals surface area (Å²) in [6, 6.07) is 0.415. The Bertz CT molecular complexity index is 1430. The highest BCUT2D eigenvalue weighted by Gasteiger charge is 2.39. The lowest BCUT2D eigenvalue weighted by molar-refractivity contribution is -0.146. The quantitative estimate of drug-likeness (QED) is 0.438. The molecule has 36 heavy (non-hydrogen) atoms. The predicted molar refractivity (Wildman–Crippen MR) is 101 cm³/mol. The molecule has 0 saturated heterocycles. The van der Waals surface area contributed by atoms with Gasteiger partial charge in [0.05, 0.1) is 16.3 Å². The summed E-state index contributed by atoms with van der Waals surface area (Å²) in [6.07, 6.45) is -15.9. The molecule has 0 bridgehead atoms. The van der Waals surface area contributed by atoms with E-state index in [2.05, 4.69) is 4.98 Å². The average Bonchev–Trinajstić information content (AvgIpc) is 2.71. The molecule has 0 saturated carbocycles. The van der Waals surface area contributed by atoms with Crippen molar-refractivity contribution in [3.63, 3.8) is 0 Å². The number of halogens is 11. The minimum atomic E-state index is -5.35. The molecule has 2 aromatic heterocycles. The van der Waals surface area contributed by atoms with Crippen molar-refractivity contribution in [2.45, 2.75) is 18.5 Å². The maximum absolute atomic E-state index is 14.5. The number of hydrogen-bond acceptors (Lipinski definition) is 5. The van der Waals surface area contributed by atoms with E-state index in [-0.39, 0.29) is 16.7 Å². The number of nitrogens with one attached hydrogen (secondary N) is 1. The Hall–Kier alpha value is -3.76. The Morgan fingerprint density at radius 2 is 1.53 bits per heavy atom. The van der Waals surface area contributed by atoms with Gasteiger partial charge >= 0.3 is 24.2 Å². The summed E-state index contributed by atoms with van der Waals surface area (Å²) < 4.78 is 136. The summed E-state index contributed by atoms with van der Waals surface area (Å²) in [7, 11) is 0. The summed E-state index contributed by atoms with van der Waals surface area (Å²) in [4.78, 5) is 28.5. The molecule has 194 valence electrons. The number of anilines is 1. The zero-order valence-electron chi connectivity index (χ0n) is 16.7. The van der Waals surface area contributed by atoms with Gasteiger partial charge < -0.3 is 15.5 Å². The molecule has 0 unspecified atom stereocenters. The first kappa shape index (κ1) is 26.8. The molecule has 0 aliphatic carbocycles. The predicted octanol–water partition coefficient (Wildman–Crippen LogP) is 5.14. The van der Waals surface area contributed by atoms with Gasteiger partial charge in [-0.25, -0.2) is 18.7 Å². The van der Waals surface area contributed by atoms with Crippen molar-refractivity contribution in [2.24, 2.45) is 0 Å². The number of alkyl halides is 9. The molecular formula is C18H7ClF10N4O3. The fourth-order valence-electron chi connectivity index (χ4n) is 2.74. The van der Waals surface area contributed by atoms with Crippen molar-refractivity contribution in [3.05, 3.63) is 72.9 Å². The molecule has 3 rings (SSSR count). The Kier molecular flexibility index (Phi) is 6.50. The molecule has 0 fully saturated rings. The topological polar surface area (TPSA) is 103 Å². The number of aromatic nitrogens is 3. The van der Waals surface area contributed by atoms with Crippen molar-refractivity contribution in [1.82, 2.24) is 14.5 Å². The SMILES string of the molecule is Nc1c(C(F)(F)F)[nH]c(=O)n(-c2cc(Oc3cc(C(F)(F)F)cc(C(F)(F)F)n3)c(Cl)cc2F)c1=O. The molecule has 0 spiro atoms. The van der Waals surface area contributed by atoms with E-state index in [0.29, 0.717) is 12.1 Å². The second-order valence-electron chi connectivity index (χ2n) is 6.77. The van der Waals surface area contributed by atoms with Gasteiger partial charge in [-0.1, -0.05) is 11.6 Å². The first-order valence-electron chi connectivity index (χ1n) is 8.86. The number of pyridine rings is 1. The van der Waals surface area contributed by atoms with E-state index in [1.54, 1.807) is 0 Å². The molecule has 3 N–H and O–H groups in total. The smallest absolute Gasteiger partial charge is 0.433 e. The van der Waals surface area contributed by atoms with E-state index in [9.17, 15) is 53.5 Å². The van der Waals surface area contributed by atoms with Crippen LogP contribution in [0.4, 0.5) is 49.6 Å². The van der Waals surface area contributed by atoms with E-state index in [0.717, 1.165) is 0 Å². The summed E-state index contributed by atoms with van der Waals surface area (Å²) in [6.45, 7) is 0. The third-order valence-corrected chi connectivity index (χ3v) is 4.59. The highest BCUT2D eigenvalue weighted by Crippen LogP contribution is 2.39. The first-order valence-corrected chi connectivity index (χ1v) is 9.24. The Morgan fingerprint density at radius 1 is 0.917 bits per heavy atom. The first-order chi connectivity index (χ1) is 16.3. The van der Waals surface area contributed by atoms with Gasteiger partial charge in [0, 0.05) is 12.1 Å². The van der Waals surface area contributed by atoms with Crippen LogP contribution in [0, 0.1) is 5.82 Å². The Morgan fingerprint density at radius 3 is 2.06 bits per heavy atom. The molecular weight excluding hydrogens is 546 g/mol. The number of nitrogens with zero attached hydrogens (tertiary/aromatic N) is 2. The molecule has 0 radical (unpaired) electrons. The minimum absolute atomic E-state index is 0.0453. The number of hydrogen-bond donors (Lipinski definition) is 2. The van der Waals surface area contributed by atoms with Crippen LogP contribution in [0.2, 0.25) is 5.02 Å². The maximum atomic E-state index is 14.5. The standard InChI is InChI=1S/C18H7ClF10N4O3/c19-6-3-7(20)8(33-14(34)12(30)13(18(27,28)29)32-15(33)35)4-9(6)36-11-2-5(16(21,22)23)1-10(31-11)17(24,25)26/h1-4H,30H2,(H,32,35). The van der Waals surface area contributed by atoms with Gasteiger partial charge in [0.25, 0.3) is 5.56 Å². The van der Waals surface area contributed by atoms with Crippen LogP contribution in [0.25, 0.3) is 5.69 Å². The second kappa shape index (κ2) is 8.72. The van der Waals surface area contributed by atoms with Crippen LogP contribution >= 0.6 is 11.6 Å². The fourth-order valence-corrected chi connectivity index (χ4v) is 2.93. The molecule has 0 aliphatic heterocycles. The normalized spacial score (nSPS) is 12.6. The molecule has 3 aromatic rings. The summed E-state index contributed by atoms with van der Waals surface area (Å²) in [5, 5.41) is -0.784. The van der Waals surface area contributed by atoms with Crippen molar-refractivity contribution < 1.29 is 48.6 Å². The van der Waals surface area contributed by atoms with Crippen molar-refractivity contribution in [1.29, 1.82) is 0 Å². The molecule has 0 amide bonds. The van der Waals surface area contributed by atoms with E-state index < -0.39 is 80.6 Å². The van der Waals surface area contributed by atoms with Crippen LogP contribution in [-0.2, 0) is 18.5 Å². The van der Waals surface area contributed by atoms with Gasteiger partial charge in [-0.3, -0.25) is 4.79 Å². The van der Waals surface area contributed by atoms with Gasteiger partial charge in [0.2, 0.25) is 5.88 Å². The van der Waals surface area contributed by atoms with E-state index >= 15 is 0 Å². The number of benzene rings is 1. The number of rotatable bonds is 3. The van der Waals surface area contributed by atoms with E-state index in [4.69, 9.17) is 22.1 Å². The summed E-state index contributed by atoms with van der Waals surface area (Å²) in [5.41, 5.74) is -7.07. The molecule has 18 heteroatoms. The third kappa shape index (κ3) is 5.24. The number of aromatic amines is 1. The highest BCUT2D eigenvalue weighted by atomic mass is 35.5. The molecule has 2 heterocycles. The number of nitrogens with two attached hydrogens (primary N) is 1. The highest BCUT2D eigenvalue weighted by molar-refractivity contribution is 6.32. The van der Waals surface area contributed by atoms with Crippen molar-refractivity contribution in [2.75, 3.05) is 5.73 Å². The van der Waals surface area contributed by atoms with Gasteiger partial charge in [0.15, 0.2) is 5.69 Å². The van der Waals surface area contributed by atoms with Crippen LogP contribution in [0.15, 0.2) is 33.9 Å². The number of H-pyrrole nitrogens is 1. The van der Waals surface area contributed by atoms with Gasteiger partial charge in [-0.05, 0) is 12.1 Å². The van der Waals surface area contributed by atoms with Crippen molar-refractivity contribution in [3.8, 4) is 17.3 Å². The Balaban J connectivity index is 2.20. The van der Waals surface area contributed by atoms with Crippen molar-refractivity contribution >= 4 is 17.3 Å². The largest absolute Gasteiger partial charge is 0.437 e. The Labute approximate surface area is 195 Å². The zero-order valence-corrected chi connectivity index (χ0v) is 17.4. The number of nitrogen functional groups attached to an aromatic ring is 1. The van der Waals surface area contributed by atoms with Crippen LogP contribution in [0.5, 0.6) is 11.6 Å². The van der Waals surface area contributed by atoms with Gasteiger partial charge in [0.1, 0.15) is 22.9 Å². The lowest BCUT2D eigenvalue weighted by Crippen LogP contribution is -2.38. The van der Waals surface area contributed by atoms with Gasteiger partial charge in [-0.15, -0.1) is 0 Å². The molecule has 0 aliphatic rings.